The van der Waals surface area contributed by atoms with E-state index in [0.29, 0.717) is 56.7 Å². The van der Waals surface area contributed by atoms with Gasteiger partial charge in [0.2, 0.25) is 16.2 Å². The number of fused-ring (bicyclic) bond motifs is 1. The van der Waals surface area contributed by atoms with Crippen molar-refractivity contribution in [2.75, 3.05) is 33.8 Å². The smallest absolute Gasteiger partial charge is 0.346 e. The predicted octanol–water partition coefficient (Wildman–Crippen LogP) is 10.1. The second kappa shape index (κ2) is 21.1. The number of rotatable bonds is 19. The fourth-order valence-corrected chi connectivity index (χ4v) is 10.5. The monoisotopic (exact) mass is 985 g/mol. The third-order valence-electron chi connectivity index (χ3n) is 11.3. The number of aromatic nitrogens is 5. The Kier molecular flexibility index (Phi) is 14.8. The van der Waals surface area contributed by atoms with E-state index in [9.17, 15) is 4.79 Å². The molecule has 362 valence electrons. The van der Waals surface area contributed by atoms with Gasteiger partial charge in [-0.15, -0.1) is 5.10 Å². The largest absolute Gasteiger partial charge is 0.497 e. The van der Waals surface area contributed by atoms with Gasteiger partial charge in [0.05, 0.1) is 45.2 Å². The third kappa shape index (κ3) is 11.0. The Morgan fingerprint density at radius 3 is 1.77 bits per heavy atom. The first-order valence-corrected chi connectivity index (χ1v) is 24.4. The van der Waals surface area contributed by atoms with Crippen LogP contribution in [0.3, 0.4) is 0 Å². The second-order valence-electron chi connectivity index (χ2n) is 17.2. The minimum Gasteiger partial charge on any atom is -0.497 e. The predicted molar refractivity (Wildman–Crippen MR) is 266 cm³/mol. The summed E-state index contributed by atoms with van der Waals surface area (Å²) in [5.74, 6) is 1.22. The molecule has 0 saturated carbocycles. The van der Waals surface area contributed by atoms with E-state index >= 15 is 12.8 Å². The molecule has 0 aliphatic carbocycles. The van der Waals surface area contributed by atoms with Crippen molar-refractivity contribution in [2.45, 2.75) is 63.6 Å². The lowest BCUT2D eigenvalue weighted by Gasteiger charge is -2.28. The third-order valence-corrected chi connectivity index (χ3v) is 14.1. The van der Waals surface area contributed by atoms with Crippen LogP contribution in [0.5, 0.6) is 23.0 Å². The molecule has 0 aliphatic heterocycles. The lowest BCUT2D eigenvalue weighted by Crippen LogP contribution is -2.33. The van der Waals surface area contributed by atoms with E-state index in [1.807, 2.05) is 54.6 Å². The number of hydrogen-bond acceptors (Lipinski definition) is 14. The zero-order valence-corrected chi connectivity index (χ0v) is 41.3. The standard InChI is InChI=1S/C52H52FN7O8S2/c1-52(2,3)68-50(61)46(53)43-28-27-41(42-9-8-10-44-47(42)55-51(69-44)54-29-33-11-19-37(64-4)20-12-33)45(49-56-57-58-60(49)32-36-17-25-40(67-7)26-18-36)48(43)70(62,63)59(30-34-13-21-38(65-5)22-14-34)31-35-15-23-39(66-6)24-16-35/h8-28,46H,29-32H2,1-7H3,(H,54,55). The molecule has 6 aromatic carbocycles. The molecule has 1 unspecified atom stereocenters. The first-order valence-electron chi connectivity index (χ1n) is 22.1. The average Bonchev–Trinajstić information content (AvgIpc) is 4.02. The van der Waals surface area contributed by atoms with Gasteiger partial charge in [0, 0.05) is 36.3 Å². The fraction of sp³-hybridized carbons (Fsp3) is 0.250. The Hall–Kier alpha value is -7.41. The summed E-state index contributed by atoms with van der Waals surface area (Å²) < 4.78 is 80.5. The number of halogens is 1. The summed E-state index contributed by atoms with van der Waals surface area (Å²) in [5, 5.41) is 17.0. The van der Waals surface area contributed by atoms with Gasteiger partial charge >= 0.3 is 5.97 Å². The summed E-state index contributed by atoms with van der Waals surface area (Å²) in [5.41, 5.74) is 2.69. The summed E-state index contributed by atoms with van der Waals surface area (Å²) in [4.78, 5) is 18.4. The number of alkyl halides is 1. The van der Waals surface area contributed by atoms with Crippen molar-refractivity contribution in [3.05, 3.63) is 155 Å². The maximum atomic E-state index is 17.5. The van der Waals surface area contributed by atoms with Gasteiger partial charge in [-0.05, 0) is 114 Å². The normalized spacial score (nSPS) is 12.2. The number of ether oxygens (including phenoxy) is 5. The van der Waals surface area contributed by atoms with Crippen LogP contribution in [-0.2, 0) is 45.7 Å². The van der Waals surface area contributed by atoms with Gasteiger partial charge in [-0.1, -0.05) is 84.1 Å². The second-order valence-corrected chi connectivity index (χ2v) is 20.1. The number of carbonyl (C=O) groups is 1. The van der Waals surface area contributed by atoms with Gasteiger partial charge in [-0.25, -0.2) is 27.3 Å². The molecule has 0 saturated heterocycles. The van der Waals surface area contributed by atoms with Crippen LogP contribution >= 0.6 is 11.3 Å². The molecule has 8 aromatic rings. The van der Waals surface area contributed by atoms with Gasteiger partial charge in [0.25, 0.3) is 0 Å². The number of methoxy groups -OCH3 is 4. The average molecular weight is 986 g/mol. The summed E-state index contributed by atoms with van der Waals surface area (Å²) in [6, 6.07) is 37.3. The lowest BCUT2D eigenvalue weighted by molar-refractivity contribution is -0.161. The highest BCUT2D eigenvalue weighted by molar-refractivity contribution is 7.89. The first-order chi connectivity index (χ1) is 33.7. The molecule has 15 nitrogen and oxygen atoms in total. The minimum atomic E-state index is -4.90. The van der Waals surface area contributed by atoms with Crippen molar-refractivity contribution >= 4 is 42.7 Å². The summed E-state index contributed by atoms with van der Waals surface area (Å²) in [7, 11) is 1.36. The number of benzene rings is 6. The Morgan fingerprint density at radius 2 is 1.24 bits per heavy atom. The molecule has 2 aromatic heterocycles. The first kappa shape index (κ1) is 49.0. The molecule has 1 atom stereocenters. The highest BCUT2D eigenvalue weighted by atomic mass is 32.2. The van der Waals surface area contributed by atoms with Crippen LogP contribution in [0, 0.1) is 0 Å². The van der Waals surface area contributed by atoms with Crippen LogP contribution in [0.2, 0.25) is 0 Å². The lowest BCUT2D eigenvalue weighted by atomic mass is 9.94. The molecule has 0 amide bonds. The summed E-state index contributed by atoms with van der Waals surface area (Å²) >= 11 is 1.42. The van der Waals surface area contributed by atoms with E-state index in [2.05, 4.69) is 20.8 Å². The van der Waals surface area contributed by atoms with E-state index in [1.165, 1.54) is 40.6 Å². The van der Waals surface area contributed by atoms with Crippen LogP contribution < -0.4 is 24.3 Å². The minimum absolute atomic E-state index is 0.0124. The molecular weight excluding hydrogens is 934 g/mol. The Morgan fingerprint density at radius 1 is 0.714 bits per heavy atom. The Balaban J connectivity index is 1.38. The van der Waals surface area contributed by atoms with E-state index in [4.69, 9.17) is 28.7 Å². The topological polar surface area (TPSA) is 169 Å². The molecule has 8 rings (SSSR count). The van der Waals surface area contributed by atoms with Crippen molar-refractivity contribution in [3.63, 3.8) is 0 Å². The molecule has 0 bridgehead atoms. The fourth-order valence-electron chi connectivity index (χ4n) is 7.78. The van der Waals surface area contributed by atoms with Gasteiger partial charge in [-0.3, -0.25) is 0 Å². The van der Waals surface area contributed by atoms with E-state index in [-0.39, 0.29) is 31.0 Å². The summed E-state index contributed by atoms with van der Waals surface area (Å²) in [6.45, 7) is 5.01. The Bertz CT molecular complexity index is 3150. The van der Waals surface area contributed by atoms with Crippen LogP contribution in [0.15, 0.2) is 132 Å². The molecule has 18 heteroatoms. The number of carbonyl (C=O) groups excluding carboxylic acids is 1. The van der Waals surface area contributed by atoms with Crippen LogP contribution in [0.4, 0.5) is 9.52 Å². The number of nitrogens with zero attached hydrogens (tertiary/aromatic N) is 6. The maximum absolute atomic E-state index is 17.5. The zero-order chi connectivity index (χ0) is 49.6. The van der Waals surface area contributed by atoms with Gasteiger partial charge in [0.15, 0.2) is 11.0 Å². The van der Waals surface area contributed by atoms with E-state index in [1.54, 1.807) is 102 Å². The molecule has 0 fully saturated rings. The summed E-state index contributed by atoms with van der Waals surface area (Å²) in [6.07, 6.45) is -2.57. The van der Waals surface area contributed by atoms with Gasteiger partial charge in [-0.2, -0.15) is 4.31 Å². The molecule has 0 aliphatic rings. The zero-order valence-electron chi connectivity index (χ0n) is 39.7. The number of hydrogen-bond donors (Lipinski definition) is 1. The number of anilines is 1. The van der Waals surface area contributed by atoms with Crippen molar-refractivity contribution in [1.29, 1.82) is 0 Å². The van der Waals surface area contributed by atoms with Crippen molar-refractivity contribution < 1.29 is 41.3 Å². The van der Waals surface area contributed by atoms with Crippen molar-refractivity contribution in [1.82, 2.24) is 29.5 Å². The number of nitrogens with one attached hydrogen (secondary N) is 1. The number of thiazole rings is 1. The Labute approximate surface area is 409 Å². The van der Waals surface area contributed by atoms with Crippen molar-refractivity contribution in [3.8, 4) is 45.5 Å². The molecule has 2 heterocycles. The van der Waals surface area contributed by atoms with E-state index in [0.717, 1.165) is 21.6 Å². The molecule has 70 heavy (non-hydrogen) atoms. The van der Waals surface area contributed by atoms with E-state index < -0.39 is 38.2 Å². The highest BCUT2D eigenvalue weighted by Crippen LogP contribution is 2.45. The molecular formula is C52H52FN7O8S2. The maximum Gasteiger partial charge on any atom is 0.346 e. The highest BCUT2D eigenvalue weighted by Gasteiger charge is 2.40. The SMILES string of the molecule is COc1ccc(CNc2nc3c(-c4ccc(C(F)C(=O)OC(C)(C)C)c(S(=O)(=O)N(Cc5ccc(OC)cc5)Cc5ccc(OC)cc5)c4-c4nnnn4Cc4ccc(OC)cc4)cccc3s2)cc1. The van der Waals surface area contributed by atoms with Crippen LogP contribution in [0.25, 0.3) is 32.7 Å². The molecule has 0 radical (unpaired) electrons. The van der Waals surface area contributed by atoms with Crippen LogP contribution in [0.1, 0.15) is 54.8 Å². The number of esters is 1. The number of tetrazole rings is 1. The van der Waals surface area contributed by atoms with Crippen LogP contribution in [-0.4, -0.2) is 77.9 Å². The quantitative estimate of drug-likeness (QED) is 0.0761. The van der Waals surface area contributed by atoms with Gasteiger partial charge in [0.1, 0.15) is 33.5 Å². The number of sulfonamides is 1. The number of para-hydroxylation sites is 1. The van der Waals surface area contributed by atoms with Gasteiger partial charge < -0.3 is 29.0 Å². The van der Waals surface area contributed by atoms with Crippen molar-refractivity contribution in [2.24, 2.45) is 0 Å². The molecule has 0 spiro atoms. The molecule has 1 N–H and O–H groups in total.